The van der Waals surface area contributed by atoms with Crippen molar-refractivity contribution in [2.24, 2.45) is 0 Å². The van der Waals surface area contributed by atoms with Crippen LogP contribution in [-0.4, -0.2) is 34.7 Å². The number of aromatic carboxylic acids is 1. The van der Waals surface area contributed by atoms with Crippen LogP contribution in [0.2, 0.25) is 0 Å². The summed E-state index contributed by atoms with van der Waals surface area (Å²) in [5.41, 5.74) is 1.62. The third kappa shape index (κ3) is 2.02. The number of carboxylic acids is 1. The summed E-state index contributed by atoms with van der Waals surface area (Å²) in [6.45, 7) is 1.59. The van der Waals surface area contributed by atoms with Crippen LogP contribution < -0.4 is 5.32 Å². The van der Waals surface area contributed by atoms with Crippen LogP contribution in [0.5, 0.6) is 0 Å². The second-order valence-electron chi connectivity index (χ2n) is 3.58. The molecule has 2 heterocycles. The van der Waals surface area contributed by atoms with Gasteiger partial charge < -0.3 is 15.2 Å². The first-order valence-electron chi connectivity index (χ1n) is 5.04. The van der Waals surface area contributed by atoms with E-state index in [1.807, 2.05) is 0 Å². The summed E-state index contributed by atoms with van der Waals surface area (Å²) in [4.78, 5) is 19.4. The number of methoxy groups -OCH3 is 1. The molecule has 0 saturated carbocycles. The lowest BCUT2D eigenvalue weighted by Crippen LogP contribution is -2.28. The van der Waals surface area contributed by atoms with Gasteiger partial charge in [-0.25, -0.2) is 14.8 Å². The van der Waals surface area contributed by atoms with Crippen molar-refractivity contribution in [3.8, 4) is 0 Å². The SMILES string of the molecule is COCc1nc2c(c(C(=O)O)n1)CCNC2. The zero-order valence-electron chi connectivity index (χ0n) is 8.99. The highest BCUT2D eigenvalue weighted by atomic mass is 16.5. The lowest BCUT2D eigenvalue weighted by molar-refractivity contribution is 0.0687. The molecule has 0 spiro atoms. The number of carboxylic acid groups (broad SMARTS) is 1. The van der Waals surface area contributed by atoms with Crippen LogP contribution in [0.15, 0.2) is 0 Å². The maximum absolute atomic E-state index is 11.1. The second kappa shape index (κ2) is 4.54. The topological polar surface area (TPSA) is 84.3 Å². The van der Waals surface area contributed by atoms with Gasteiger partial charge in [-0.15, -0.1) is 0 Å². The molecule has 1 aromatic rings. The van der Waals surface area contributed by atoms with Crippen molar-refractivity contribution in [3.63, 3.8) is 0 Å². The van der Waals surface area contributed by atoms with Gasteiger partial charge in [-0.3, -0.25) is 0 Å². The van der Waals surface area contributed by atoms with Crippen LogP contribution in [0.4, 0.5) is 0 Å². The van der Waals surface area contributed by atoms with Gasteiger partial charge in [-0.2, -0.15) is 0 Å². The number of ether oxygens (including phenoxy) is 1. The number of nitrogens with one attached hydrogen (secondary N) is 1. The molecule has 16 heavy (non-hydrogen) atoms. The summed E-state index contributed by atoms with van der Waals surface area (Å²) < 4.78 is 4.92. The average Bonchev–Trinajstić information content (AvgIpc) is 2.28. The van der Waals surface area contributed by atoms with E-state index in [0.717, 1.165) is 17.8 Å². The third-order valence-electron chi connectivity index (χ3n) is 2.46. The highest BCUT2D eigenvalue weighted by molar-refractivity contribution is 5.87. The molecule has 0 aliphatic carbocycles. The molecule has 86 valence electrons. The van der Waals surface area contributed by atoms with E-state index in [-0.39, 0.29) is 12.3 Å². The summed E-state index contributed by atoms with van der Waals surface area (Å²) >= 11 is 0. The molecule has 0 amide bonds. The molecule has 1 aliphatic heterocycles. The Morgan fingerprint density at radius 1 is 1.56 bits per heavy atom. The zero-order valence-corrected chi connectivity index (χ0v) is 8.99. The standard InChI is InChI=1S/C10H13N3O3/c1-16-5-8-12-7-4-11-3-2-6(7)9(13-8)10(14)15/h11H,2-5H2,1H3,(H,14,15). The molecule has 0 fully saturated rings. The molecule has 1 aliphatic rings. The van der Waals surface area contributed by atoms with Gasteiger partial charge in [0.2, 0.25) is 0 Å². The van der Waals surface area contributed by atoms with Crippen LogP contribution in [0.3, 0.4) is 0 Å². The second-order valence-corrected chi connectivity index (χ2v) is 3.58. The molecule has 0 aromatic carbocycles. The number of hydrogen-bond donors (Lipinski definition) is 2. The van der Waals surface area contributed by atoms with E-state index >= 15 is 0 Å². The summed E-state index contributed by atoms with van der Waals surface area (Å²) in [6, 6.07) is 0. The fraction of sp³-hybridized carbons (Fsp3) is 0.500. The van der Waals surface area contributed by atoms with Crippen molar-refractivity contribution in [1.82, 2.24) is 15.3 Å². The molecule has 0 saturated heterocycles. The molecule has 2 rings (SSSR count). The molecule has 6 heteroatoms. The van der Waals surface area contributed by atoms with E-state index in [0.29, 0.717) is 18.8 Å². The van der Waals surface area contributed by atoms with Crippen LogP contribution in [-0.2, 0) is 24.3 Å². The number of hydrogen-bond acceptors (Lipinski definition) is 5. The number of aromatic nitrogens is 2. The van der Waals surface area contributed by atoms with E-state index < -0.39 is 5.97 Å². The van der Waals surface area contributed by atoms with Crippen molar-refractivity contribution in [2.75, 3.05) is 13.7 Å². The van der Waals surface area contributed by atoms with Crippen molar-refractivity contribution in [1.29, 1.82) is 0 Å². The Bertz CT molecular complexity index is 420. The largest absolute Gasteiger partial charge is 0.477 e. The van der Waals surface area contributed by atoms with Crippen LogP contribution >= 0.6 is 0 Å². The molecule has 1 aromatic heterocycles. The first kappa shape index (κ1) is 11.0. The Morgan fingerprint density at radius 2 is 2.38 bits per heavy atom. The minimum absolute atomic E-state index is 0.110. The van der Waals surface area contributed by atoms with Crippen molar-refractivity contribution in [2.45, 2.75) is 19.6 Å². The fourth-order valence-electron chi connectivity index (χ4n) is 1.78. The number of fused-ring (bicyclic) bond motifs is 1. The van der Waals surface area contributed by atoms with Gasteiger partial charge in [-0.1, -0.05) is 0 Å². The minimum Gasteiger partial charge on any atom is -0.477 e. The lowest BCUT2D eigenvalue weighted by atomic mass is 10.0. The van der Waals surface area contributed by atoms with Gasteiger partial charge in [0.15, 0.2) is 11.5 Å². The van der Waals surface area contributed by atoms with Gasteiger partial charge in [0.05, 0.1) is 5.69 Å². The molecule has 0 radical (unpaired) electrons. The Balaban J connectivity index is 2.47. The molecule has 0 bridgehead atoms. The predicted molar refractivity (Wildman–Crippen MR) is 55.1 cm³/mol. The Kier molecular flexibility index (Phi) is 3.12. The van der Waals surface area contributed by atoms with E-state index in [4.69, 9.17) is 9.84 Å². The fourth-order valence-corrected chi connectivity index (χ4v) is 1.78. The van der Waals surface area contributed by atoms with E-state index in [1.54, 1.807) is 0 Å². The Labute approximate surface area is 92.7 Å². The Morgan fingerprint density at radius 3 is 3.06 bits per heavy atom. The minimum atomic E-state index is -1.00. The highest BCUT2D eigenvalue weighted by Gasteiger charge is 2.21. The van der Waals surface area contributed by atoms with Crippen LogP contribution in [0.25, 0.3) is 0 Å². The van der Waals surface area contributed by atoms with Gasteiger partial charge in [0, 0.05) is 19.2 Å². The van der Waals surface area contributed by atoms with Crippen LogP contribution in [0.1, 0.15) is 27.6 Å². The van der Waals surface area contributed by atoms with Crippen molar-refractivity contribution in [3.05, 3.63) is 22.8 Å². The number of nitrogens with zero attached hydrogens (tertiary/aromatic N) is 2. The zero-order chi connectivity index (χ0) is 11.5. The van der Waals surface area contributed by atoms with Crippen molar-refractivity contribution >= 4 is 5.97 Å². The smallest absolute Gasteiger partial charge is 0.354 e. The van der Waals surface area contributed by atoms with E-state index in [1.165, 1.54) is 7.11 Å². The molecular weight excluding hydrogens is 210 g/mol. The maximum Gasteiger partial charge on any atom is 0.354 e. The Hall–Kier alpha value is -1.53. The quantitative estimate of drug-likeness (QED) is 0.748. The monoisotopic (exact) mass is 223 g/mol. The normalized spacial score (nSPS) is 14.6. The summed E-state index contributed by atoms with van der Waals surface area (Å²) in [5, 5.41) is 12.2. The third-order valence-corrected chi connectivity index (χ3v) is 2.46. The molecule has 0 unspecified atom stereocenters. The first-order chi connectivity index (χ1) is 7.72. The van der Waals surface area contributed by atoms with Gasteiger partial charge in [0.25, 0.3) is 0 Å². The van der Waals surface area contributed by atoms with E-state index in [9.17, 15) is 4.79 Å². The number of carbonyl (C=O) groups is 1. The first-order valence-corrected chi connectivity index (χ1v) is 5.04. The van der Waals surface area contributed by atoms with E-state index in [2.05, 4.69) is 15.3 Å². The molecule has 2 N–H and O–H groups in total. The number of rotatable bonds is 3. The van der Waals surface area contributed by atoms with Gasteiger partial charge >= 0.3 is 5.97 Å². The van der Waals surface area contributed by atoms with Crippen LogP contribution in [0, 0.1) is 0 Å². The predicted octanol–water partition coefficient (Wildman–Crippen LogP) is -0.0331. The van der Waals surface area contributed by atoms with Gasteiger partial charge in [-0.05, 0) is 13.0 Å². The molecule has 0 atom stereocenters. The summed E-state index contributed by atoms with van der Waals surface area (Å²) in [7, 11) is 1.53. The van der Waals surface area contributed by atoms with Gasteiger partial charge in [0.1, 0.15) is 6.61 Å². The average molecular weight is 223 g/mol. The highest BCUT2D eigenvalue weighted by Crippen LogP contribution is 2.16. The molecule has 6 nitrogen and oxygen atoms in total. The molecular formula is C10H13N3O3. The van der Waals surface area contributed by atoms with Crippen molar-refractivity contribution < 1.29 is 14.6 Å². The summed E-state index contributed by atoms with van der Waals surface area (Å²) in [5.74, 6) is -0.583. The summed E-state index contributed by atoms with van der Waals surface area (Å²) in [6.07, 6.45) is 0.657. The maximum atomic E-state index is 11.1. The lowest BCUT2D eigenvalue weighted by Gasteiger charge is -2.18.